The number of benzene rings is 1. The molecule has 1 aromatic rings. The van der Waals surface area contributed by atoms with Crippen molar-refractivity contribution in [1.29, 1.82) is 0 Å². The first-order valence-corrected chi connectivity index (χ1v) is 6.71. The van der Waals surface area contributed by atoms with E-state index in [4.69, 9.17) is 19.9 Å². The average molecular weight is 293 g/mol. The van der Waals surface area contributed by atoms with Crippen LogP contribution in [0.5, 0.6) is 11.5 Å². The van der Waals surface area contributed by atoms with E-state index >= 15 is 0 Å². The summed E-state index contributed by atoms with van der Waals surface area (Å²) in [5, 5.41) is 0. The van der Waals surface area contributed by atoms with Crippen molar-refractivity contribution in [2.24, 2.45) is 5.73 Å². The van der Waals surface area contributed by atoms with Gasteiger partial charge in [-0.15, -0.1) is 0 Å². The first kappa shape index (κ1) is 15.2. The van der Waals surface area contributed by atoms with Crippen LogP contribution >= 0.6 is 0 Å². The van der Waals surface area contributed by atoms with Crippen LogP contribution in [0.2, 0.25) is 0 Å². The van der Waals surface area contributed by atoms with E-state index in [1.807, 2.05) is 26.0 Å². The molecule has 1 aromatic carbocycles. The van der Waals surface area contributed by atoms with Crippen molar-refractivity contribution in [3.8, 4) is 11.5 Å². The maximum atomic E-state index is 11.6. The van der Waals surface area contributed by atoms with Crippen molar-refractivity contribution in [1.82, 2.24) is 0 Å². The smallest absolute Gasteiger partial charge is 0.344 e. The van der Waals surface area contributed by atoms with Crippen LogP contribution in [-0.2, 0) is 20.7 Å². The molecule has 114 valence electrons. The van der Waals surface area contributed by atoms with Gasteiger partial charge in [-0.05, 0) is 26.8 Å². The molecular formula is C15H19NO5. The van der Waals surface area contributed by atoms with Crippen molar-refractivity contribution in [2.45, 2.75) is 38.9 Å². The predicted molar refractivity (Wildman–Crippen MR) is 75.1 cm³/mol. The van der Waals surface area contributed by atoms with E-state index < -0.39 is 18.0 Å². The van der Waals surface area contributed by atoms with E-state index in [1.165, 1.54) is 6.92 Å². The van der Waals surface area contributed by atoms with Gasteiger partial charge in [0.05, 0.1) is 0 Å². The summed E-state index contributed by atoms with van der Waals surface area (Å²) in [6.45, 7) is 5.07. The Balaban J connectivity index is 1.98. The zero-order valence-electron chi connectivity index (χ0n) is 12.3. The second kappa shape index (κ2) is 5.63. The molecule has 0 radical (unpaired) electrons. The minimum atomic E-state index is -0.974. The Morgan fingerprint density at radius 1 is 1.43 bits per heavy atom. The molecule has 1 aliphatic rings. The van der Waals surface area contributed by atoms with Crippen LogP contribution in [0.4, 0.5) is 0 Å². The lowest BCUT2D eigenvalue weighted by molar-refractivity contribution is -0.155. The highest BCUT2D eigenvalue weighted by Crippen LogP contribution is 2.41. The topological polar surface area (TPSA) is 87.8 Å². The molecule has 0 bridgehead atoms. The van der Waals surface area contributed by atoms with Gasteiger partial charge in [0.15, 0.2) is 24.2 Å². The molecule has 0 saturated carbocycles. The summed E-state index contributed by atoms with van der Waals surface area (Å²) in [5.41, 5.74) is 5.77. The summed E-state index contributed by atoms with van der Waals surface area (Å²) in [5.74, 6) is -0.217. The van der Waals surface area contributed by atoms with E-state index in [1.54, 1.807) is 6.07 Å². The van der Waals surface area contributed by atoms with Crippen molar-refractivity contribution in [3.63, 3.8) is 0 Å². The summed E-state index contributed by atoms with van der Waals surface area (Å²) in [6, 6.07) is 5.53. The van der Waals surface area contributed by atoms with Crippen molar-refractivity contribution < 1.29 is 23.8 Å². The summed E-state index contributed by atoms with van der Waals surface area (Å²) >= 11 is 0. The Kier molecular flexibility index (Phi) is 4.06. The molecule has 21 heavy (non-hydrogen) atoms. The molecule has 1 aliphatic heterocycles. The molecule has 6 nitrogen and oxygen atoms in total. The van der Waals surface area contributed by atoms with Crippen LogP contribution in [0.1, 0.15) is 26.3 Å². The lowest BCUT2D eigenvalue weighted by Crippen LogP contribution is -2.32. The third kappa shape index (κ3) is 3.65. The van der Waals surface area contributed by atoms with Gasteiger partial charge in [0.25, 0.3) is 5.91 Å². The number of fused-ring (bicyclic) bond motifs is 1. The summed E-state index contributed by atoms with van der Waals surface area (Å²) in [4.78, 5) is 22.4. The SMILES string of the molecule is C[C@@H](OC(=O)COc1cccc2c1OC(C)(C)C2)C(N)=O. The lowest BCUT2D eigenvalue weighted by Gasteiger charge is -2.18. The third-order valence-corrected chi connectivity index (χ3v) is 3.11. The molecule has 0 saturated heterocycles. The number of nitrogens with two attached hydrogens (primary N) is 1. The summed E-state index contributed by atoms with van der Waals surface area (Å²) in [7, 11) is 0. The number of para-hydroxylation sites is 1. The van der Waals surface area contributed by atoms with E-state index in [2.05, 4.69) is 0 Å². The van der Waals surface area contributed by atoms with E-state index in [9.17, 15) is 9.59 Å². The number of hydrogen-bond donors (Lipinski definition) is 1. The minimum absolute atomic E-state index is 0.289. The first-order chi connectivity index (χ1) is 9.78. The molecule has 0 spiro atoms. The van der Waals surface area contributed by atoms with Crippen LogP contribution in [-0.4, -0.2) is 30.2 Å². The van der Waals surface area contributed by atoms with Crippen LogP contribution < -0.4 is 15.2 Å². The molecule has 2 N–H and O–H groups in total. The molecule has 2 rings (SSSR count). The molecule has 1 heterocycles. The Bertz CT molecular complexity index is 567. The summed E-state index contributed by atoms with van der Waals surface area (Å²) in [6.07, 6.45) is -0.194. The number of primary amides is 1. The molecule has 0 aliphatic carbocycles. The van der Waals surface area contributed by atoms with Gasteiger partial charge in [0.1, 0.15) is 5.60 Å². The average Bonchev–Trinajstić information content (AvgIpc) is 2.70. The second-order valence-electron chi connectivity index (χ2n) is 5.61. The molecule has 0 aromatic heterocycles. The van der Waals surface area contributed by atoms with E-state index in [0.717, 1.165) is 12.0 Å². The zero-order chi connectivity index (χ0) is 15.6. The van der Waals surface area contributed by atoms with Gasteiger partial charge in [-0.3, -0.25) is 4.79 Å². The largest absolute Gasteiger partial charge is 0.483 e. The standard InChI is InChI=1S/C15H19NO5/c1-9(14(16)18)20-12(17)8-19-11-6-4-5-10-7-15(2,3)21-13(10)11/h4-6,9H,7-8H2,1-3H3,(H2,16,18)/t9-/m1/s1. The molecule has 6 heteroatoms. The van der Waals surface area contributed by atoms with Gasteiger partial charge in [0.2, 0.25) is 0 Å². The highest BCUT2D eigenvalue weighted by atomic mass is 16.6. The fourth-order valence-electron chi connectivity index (χ4n) is 2.13. The number of ether oxygens (including phenoxy) is 3. The van der Waals surface area contributed by atoms with Crippen molar-refractivity contribution in [2.75, 3.05) is 6.61 Å². The number of carbonyl (C=O) groups excluding carboxylic acids is 2. The minimum Gasteiger partial charge on any atom is -0.483 e. The molecule has 1 atom stereocenters. The Hall–Kier alpha value is -2.24. The second-order valence-corrected chi connectivity index (χ2v) is 5.61. The highest BCUT2D eigenvalue weighted by molar-refractivity contribution is 5.82. The van der Waals surface area contributed by atoms with Crippen LogP contribution in [0.3, 0.4) is 0 Å². The van der Waals surface area contributed by atoms with Gasteiger partial charge >= 0.3 is 5.97 Å². The molecule has 0 fully saturated rings. The number of rotatable bonds is 5. The van der Waals surface area contributed by atoms with Crippen molar-refractivity contribution >= 4 is 11.9 Å². The third-order valence-electron chi connectivity index (χ3n) is 3.11. The number of amides is 1. The Labute approximate surface area is 123 Å². The lowest BCUT2D eigenvalue weighted by atomic mass is 10.0. The van der Waals surface area contributed by atoms with Gasteiger partial charge in [0, 0.05) is 12.0 Å². The zero-order valence-corrected chi connectivity index (χ0v) is 12.3. The van der Waals surface area contributed by atoms with Gasteiger partial charge in [-0.25, -0.2) is 4.79 Å². The van der Waals surface area contributed by atoms with Gasteiger partial charge < -0.3 is 19.9 Å². The van der Waals surface area contributed by atoms with Crippen LogP contribution in [0.25, 0.3) is 0 Å². The molecular weight excluding hydrogens is 274 g/mol. The quantitative estimate of drug-likeness (QED) is 0.824. The normalized spacial score (nSPS) is 16.5. The van der Waals surface area contributed by atoms with E-state index in [-0.39, 0.29) is 12.2 Å². The monoisotopic (exact) mass is 293 g/mol. The van der Waals surface area contributed by atoms with Crippen LogP contribution in [0, 0.1) is 0 Å². The first-order valence-electron chi connectivity index (χ1n) is 6.71. The van der Waals surface area contributed by atoms with Gasteiger partial charge in [-0.2, -0.15) is 0 Å². The Morgan fingerprint density at radius 2 is 2.14 bits per heavy atom. The van der Waals surface area contributed by atoms with Crippen molar-refractivity contribution in [3.05, 3.63) is 23.8 Å². The number of esters is 1. The maximum Gasteiger partial charge on any atom is 0.344 e. The summed E-state index contributed by atoms with van der Waals surface area (Å²) < 4.78 is 16.1. The van der Waals surface area contributed by atoms with E-state index in [0.29, 0.717) is 11.5 Å². The number of carbonyl (C=O) groups is 2. The predicted octanol–water partition coefficient (Wildman–Crippen LogP) is 1.20. The fraction of sp³-hybridized carbons (Fsp3) is 0.467. The van der Waals surface area contributed by atoms with Gasteiger partial charge in [-0.1, -0.05) is 12.1 Å². The maximum absolute atomic E-state index is 11.6. The Morgan fingerprint density at radius 3 is 2.81 bits per heavy atom. The van der Waals surface area contributed by atoms with Crippen LogP contribution in [0.15, 0.2) is 18.2 Å². The number of hydrogen-bond acceptors (Lipinski definition) is 5. The fourth-order valence-corrected chi connectivity index (χ4v) is 2.13. The molecule has 0 unspecified atom stereocenters. The molecule has 1 amide bonds. The highest BCUT2D eigenvalue weighted by Gasteiger charge is 2.32.